The van der Waals surface area contributed by atoms with Crippen LogP contribution in [0, 0.1) is 5.92 Å². The first-order valence-electron chi connectivity index (χ1n) is 9.73. The lowest BCUT2D eigenvalue weighted by Crippen LogP contribution is -2.38. The first-order chi connectivity index (χ1) is 14.8. The van der Waals surface area contributed by atoms with Crippen LogP contribution in [0.15, 0.2) is 46.8 Å². The van der Waals surface area contributed by atoms with Crippen LogP contribution in [-0.4, -0.2) is 50.4 Å². The zero-order valence-electron chi connectivity index (χ0n) is 18.1. The van der Waals surface area contributed by atoms with E-state index in [-0.39, 0.29) is 11.1 Å². The first-order valence-corrected chi connectivity index (χ1v) is 9.73. The smallest absolute Gasteiger partial charge is 0.418 e. The molecule has 31 heavy (non-hydrogen) atoms. The third-order valence-electron chi connectivity index (χ3n) is 5.28. The number of allylic oxidation sites excluding steroid dienone is 2. The molecule has 1 unspecified atom stereocenters. The molecule has 2 aliphatic rings. The maximum Gasteiger partial charge on any atom is 0.418 e. The Labute approximate surface area is 180 Å². The van der Waals surface area contributed by atoms with Gasteiger partial charge in [0.15, 0.2) is 6.29 Å². The SMILES string of the molecule is COC(=O)C1=C(C)N(C(=O)OC)C(C)=C(C(=O)Oc2ccc(C3OCCO3)cc2)C1C. The molecule has 1 atom stereocenters. The van der Waals surface area contributed by atoms with Crippen molar-refractivity contribution in [1.82, 2.24) is 4.90 Å². The minimum atomic E-state index is -0.727. The Balaban J connectivity index is 1.89. The van der Waals surface area contributed by atoms with Crippen LogP contribution >= 0.6 is 0 Å². The number of nitrogens with zero attached hydrogens (tertiary/aromatic N) is 1. The van der Waals surface area contributed by atoms with Crippen LogP contribution in [0.2, 0.25) is 0 Å². The Morgan fingerprint density at radius 2 is 1.45 bits per heavy atom. The van der Waals surface area contributed by atoms with E-state index in [1.54, 1.807) is 45.0 Å². The number of rotatable bonds is 4. The molecule has 1 aromatic carbocycles. The molecule has 0 spiro atoms. The molecule has 0 saturated carbocycles. The van der Waals surface area contributed by atoms with Gasteiger partial charge in [0.2, 0.25) is 0 Å². The topological polar surface area (TPSA) is 101 Å². The van der Waals surface area contributed by atoms with E-state index in [0.717, 1.165) is 5.56 Å². The van der Waals surface area contributed by atoms with E-state index in [0.29, 0.717) is 30.4 Å². The second kappa shape index (κ2) is 9.32. The number of carbonyl (C=O) groups excluding carboxylic acids is 3. The standard InChI is InChI=1S/C22H25NO8/c1-12-17(19(24)27-4)13(2)23(22(26)28-5)14(3)18(12)20(25)31-16-8-6-15(7-9-16)21-29-10-11-30-21/h6-9,12,21H,10-11H2,1-5H3. The molecule has 0 aliphatic carbocycles. The van der Waals surface area contributed by atoms with Crippen LogP contribution in [-0.2, 0) is 28.5 Å². The highest BCUT2D eigenvalue weighted by atomic mass is 16.7. The third kappa shape index (κ3) is 4.33. The number of esters is 2. The van der Waals surface area contributed by atoms with E-state index < -0.39 is 30.2 Å². The zero-order valence-corrected chi connectivity index (χ0v) is 18.1. The highest BCUT2D eigenvalue weighted by Crippen LogP contribution is 2.37. The molecule has 0 aromatic heterocycles. The van der Waals surface area contributed by atoms with E-state index >= 15 is 0 Å². The minimum Gasteiger partial charge on any atom is -0.466 e. The molecule has 1 saturated heterocycles. The molecule has 9 heteroatoms. The van der Waals surface area contributed by atoms with Gasteiger partial charge in [0.25, 0.3) is 0 Å². The zero-order chi connectivity index (χ0) is 22.7. The Hall–Kier alpha value is -3.17. The van der Waals surface area contributed by atoms with Crippen molar-refractivity contribution in [3.8, 4) is 5.75 Å². The van der Waals surface area contributed by atoms with E-state index in [2.05, 4.69) is 0 Å². The molecule has 0 bridgehead atoms. The Bertz CT molecular complexity index is 941. The van der Waals surface area contributed by atoms with Crippen LogP contribution in [0.4, 0.5) is 4.79 Å². The van der Waals surface area contributed by atoms with Crippen molar-refractivity contribution in [3.05, 3.63) is 52.4 Å². The van der Waals surface area contributed by atoms with Crippen LogP contribution in [0.5, 0.6) is 5.75 Å². The number of carbonyl (C=O) groups is 3. The third-order valence-corrected chi connectivity index (χ3v) is 5.28. The summed E-state index contributed by atoms with van der Waals surface area (Å²) in [6.45, 7) is 5.93. The maximum atomic E-state index is 13.1. The molecule has 3 rings (SSSR count). The van der Waals surface area contributed by atoms with Gasteiger partial charge in [-0.3, -0.25) is 4.90 Å². The molecule has 1 fully saturated rings. The fraction of sp³-hybridized carbons (Fsp3) is 0.409. The molecule has 166 valence electrons. The number of hydrogen-bond acceptors (Lipinski definition) is 8. The van der Waals surface area contributed by atoms with E-state index in [9.17, 15) is 14.4 Å². The highest BCUT2D eigenvalue weighted by Gasteiger charge is 2.39. The molecule has 0 radical (unpaired) electrons. The lowest BCUT2D eigenvalue weighted by atomic mass is 9.86. The molecular formula is C22H25NO8. The largest absolute Gasteiger partial charge is 0.466 e. The monoisotopic (exact) mass is 431 g/mol. The fourth-order valence-corrected chi connectivity index (χ4v) is 3.79. The number of amides is 1. The predicted octanol–water partition coefficient (Wildman–Crippen LogP) is 3.08. The molecule has 0 N–H and O–H groups in total. The van der Waals surface area contributed by atoms with Crippen molar-refractivity contribution < 1.29 is 38.1 Å². The summed E-state index contributed by atoms with van der Waals surface area (Å²) in [5.41, 5.74) is 1.79. The van der Waals surface area contributed by atoms with E-state index in [1.165, 1.54) is 19.1 Å². The summed E-state index contributed by atoms with van der Waals surface area (Å²) < 4.78 is 26.1. The van der Waals surface area contributed by atoms with Crippen molar-refractivity contribution in [2.75, 3.05) is 27.4 Å². The molecule has 2 heterocycles. The minimum absolute atomic E-state index is 0.155. The summed E-state index contributed by atoms with van der Waals surface area (Å²) in [5.74, 6) is -1.68. The maximum absolute atomic E-state index is 13.1. The normalized spacial score (nSPS) is 19.5. The Morgan fingerprint density at radius 3 is 1.97 bits per heavy atom. The molecule has 1 amide bonds. The van der Waals surface area contributed by atoms with Gasteiger partial charge in [-0.2, -0.15) is 0 Å². The van der Waals surface area contributed by atoms with Crippen molar-refractivity contribution >= 4 is 18.0 Å². The van der Waals surface area contributed by atoms with Gasteiger partial charge in [-0.25, -0.2) is 14.4 Å². The van der Waals surface area contributed by atoms with Crippen molar-refractivity contribution in [2.24, 2.45) is 5.92 Å². The predicted molar refractivity (Wildman–Crippen MR) is 108 cm³/mol. The summed E-state index contributed by atoms with van der Waals surface area (Å²) in [4.78, 5) is 39.0. The van der Waals surface area contributed by atoms with Gasteiger partial charge in [0, 0.05) is 22.9 Å². The Morgan fingerprint density at radius 1 is 0.903 bits per heavy atom. The van der Waals surface area contributed by atoms with Crippen molar-refractivity contribution in [1.29, 1.82) is 0 Å². The average molecular weight is 431 g/mol. The summed E-state index contributed by atoms with van der Waals surface area (Å²) in [6.07, 6.45) is -1.16. The van der Waals surface area contributed by atoms with E-state index in [4.69, 9.17) is 23.7 Å². The Kier molecular flexibility index (Phi) is 6.77. The van der Waals surface area contributed by atoms with Crippen LogP contribution in [0.1, 0.15) is 32.6 Å². The molecule has 9 nitrogen and oxygen atoms in total. The van der Waals surface area contributed by atoms with Gasteiger partial charge in [-0.1, -0.05) is 19.1 Å². The van der Waals surface area contributed by atoms with Gasteiger partial charge in [0.1, 0.15) is 5.75 Å². The second-order valence-electron chi connectivity index (χ2n) is 7.05. The number of ether oxygens (including phenoxy) is 5. The van der Waals surface area contributed by atoms with Crippen LogP contribution < -0.4 is 4.74 Å². The lowest BCUT2D eigenvalue weighted by molar-refractivity contribution is -0.136. The summed E-state index contributed by atoms with van der Waals surface area (Å²) in [6, 6.07) is 6.74. The van der Waals surface area contributed by atoms with Gasteiger partial charge in [0.05, 0.1) is 38.6 Å². The molecular weight excluding hydrogens is 406 g/mol. The lowest BCUT2D eigenvalue weighted by Gasteiger charge is -2.33. The summed E-state index contributed by atoms with van der Waals surface area (Å²) in [7, 11) is 2.45. The van der Waals surface area contributed by atoms with E-state index in [1.807, 2.05) is 0 Å². The van der Waals surface area contributed by atoms with Crippen LogP contribution in [0.3, 0.4) is 0 Å². The molecule has 2 aliphatic heterocycles. The van der Waals surface area contributed by atoms with Gasteiger partial charge in [-0.05, 0) is 26.0 Å². The number of methoxy groups -OCH3 is 2. The fourth-order valence-electron chi connectivity index (χ4n) is 3.79. The summed E-state index contributed by atoms with van der Waals surface area (Å²) >= 11 is 0. The first kappa shape index (κ1) is 22.5. The number of benzene rings is 1. The summed E-state index contributed by atoms with van der Waals surface area (Å²) in [5, 5.41) is 0. The second-order valence-corrected chi connectivity index (χ2v) is 7.05. The quantitative estimate of drug-likeness (QED) is 0.530. The van der Waals surface area contributed by atoms with Gasteiger partial charge < -0.3 is 23.7 Å². The van der Waals surface area contributed by atoms with Gasteiger partial charge in [-0.15, -0.1) is 0 Å². The van der Waals surface area contributed by atoms with Crippen molar-refractivity contribution in [3.63, 3.8) is 0 Å². The highest BCUT2D eigenvalue weighted by molar-refractivity contribution is 5.99. The van der Waals surface area contributed by atoms with Crippen LogP contribution in [0.25, 0.3) is 0 Å². The average Bonchev–Trinajstić information content (AvgIpc) is 3.28. The van der Waals surface area contributed by atoms with Crippen molar-refractivity contribution in [2.45, 2.75) is 27.1 Å². The number of hydrogen-bond donors (Lipinski definition) is 0. The van der Waals surface area contributed by atoms with Gasteiger partial charge >= 0.3 is 18.0 Å². The molecule has 1 aromatic rings.